The normalized spacial score (nSPS) is 11.4. The maximum Gasteiger partial charge on any atom is 0.307 e. The molecule has 3 heterocycles. The second kappa shape index (κ2) is 9.06. The quantitative estimate of drug-likeness (QED) is 0.345. The minimum Gasteiger partial charge on any atom is -0.487 e. The molecule has 0 saturated carbocycles. The monoisotopic (exact) mass is 467 g/mol. The Morgan fingerprint density at radius 1 is 1.06 bits per heavy atom. The number of aliphatic carboxylic acids is 1. The third kappa shape index (κ3) is 4.26. The highest BCUT2D eigenvalue weighted by molar-refractivity contribution is 6.00. The van der Waals surface area contributed by atoms with Gasteiger partial charge in [-0.1, -0.05) is 24.3 Å². The summed E-state index contributed by atoms with van der Waals surface area (Å²) in [5.41, 5.74) is 11.1. The zero-order chi connectivity index (χ0) is 24.5. The van der Waals surface area contributed by atoms with Crippen LogP contribution in [0.4, 0.5) is 5.82 Å². The first kappa shape index (κ1) is 22.3. The average Bonchev–Trinajstić information content (AvgIpc) is 3.21. The van der Waals surface area contributed by atoms with E-state index in [0.717, 1.165) is 33.1 Å². The van der Waals surface area contributed by atoms with E-state index in [-0.39, 0.29) is 19.1 Å². The van der Waals surface area contributed by atoms with E-state index in [9.17, 15) is 9.90 Å². The number of ether oxygens (including phenoxy) is 1. The summed E-state index contributed by atoms with van der Waals surface area (Å²) in [6, 6.07) is 17.5. The number of carboxylic acid groups (broad SMARTS) is 1. The predicted molar refractivity (Wildman–Crippen MR) is 135 cm³/mol. The summed E-state index contributed by atoms with van der Waals surface area (Å²) in [5.74, 6) is 0.0363. The molecule has 0 aliphatic rings. The molecule has 5 aromatic rings. The average molecular weight is 468 g/mol. The van der Waals surface area contributed by atoms with Crippen LogP contribution < -0.4 is 10.5 Å². The van der Waals surface area contributed by atoms with Crippen molar-refractivity contribution in [3.05, 3.63) is 78.2 Å². The van der Waals surface area contributed by atoms with Crippen LogP contribution in [0.3, 0.4) is 0 Å². The van der Waals surface area contributed by atoms with E-state index < -0.39 is 5.97 Å². The fourth-order valence-corrected chi connectivity index (χ4v) is 4.32. The highest BCUT2D eigenvalue weighted by Crippen LogP contribution is 2.33. The number of nitrogen functional groups attached to an aromatic ring is 1. The summed E-state index contributed by atoms with van der Waals surface area (Å²) in [6.45, 7) is 4.38. The number of benzene rings is 2. The molecule has 5 rings (SSSR count). The van der Waals surface area contributed by atoms with Gasteiger partial charge in [0, 0.05) is 34.8 Å². The van der Waals surface area contributed by atoms with Crippen molar-refractivity contribution in [3.8, 4) is 16.9 Å². The number of hydrogen-bond donors (Lipinski definition) is 2. The van der Waals surface area contributed by atoms with E-state index in [4.69, 9.17) is 15.6 Å². The van der Waals surface area contributed by atoms with Crippen LogP contribution >= 0.6 is 0 Å². The number of para-hydroxylation sites is 1. The summed E-state index contributed by atoms with van der Waals surface area (Å²) in [7, 11) is 0. The van der Waals surface area contributed by atoms with E-state index in [0.29, 0.717) is 22.6 Å². The molecule has 0 spiro atoms. The maximum atomic E-state index is 11.2. The lowest BCUT2D eigenvalue weighted by Crippen LogP contribution is -2.06. The van der Waals surface area contributed by atoms with E-state index in [1.807, 2.05) is 28.9 Å². The molecule has 0 atom stereocenters. The fraction of sp³-hybridized carbons (Fsp3) is 0.185. The Morgan fingerprint density at radius 2 is 1.86 bits per heavy atom. The molecule has 3 N–H and O–H groups in total. The second-order valence-corrected chi connectivity index (χ2v) is 8.63. The third-order valence-corrected chi connectivity index (χ3v) is 5.95. The highest BCUT2D eigenvalue weighted by Gasteiger charge is 2.17. The summed E-state index contributed by atoms with van der Waals surface area (Å²) in [5, 5.41) is 16.0. The van der Waals surface area contributed by atoms with Crippen molar-refractivity contribution in [1.29, 1.82) is 0 Å². The Morgan fingerprint density at radius 3 is 2.66 bits per heavy atom. The Labute approximate surface area is 202 Å². The van der Waals surface area contributed by atoms with Gasteiger partial charge in [-0.05, 0) is 55.3 Å². The van der Waals surface area contributed by atoms with Crippen molar-refractivity contribution in [1.82, 2.24) is 19.7 Å². The Bertz CT molecular complexity index is 1560. The van der Waals surface area contributed by atoms with Gasteiger partial charge < -0.3 is 15.6 Å². The van der Waals surface area contributed by atoms with Crippen molar-refractivity contribution < 1.29 is 14.6 Å². The van der Waals surface area contributed by atoms with Crippen LogP contribution in [0.15, 0.2) is 67.0 Å². The van der Waals surface area contributed by atoms with Crippen molar-refractivity contribution in [3.63, 3.8) is 0 Å². The molecule has 0 radical (unpaired) electrons. The lowest BCUT2D eigenvalue weighted by molar-refractivity contribution is -0.136. The number of carbonyl (C=O) groups is 1. The molecule has 0 unspecified atom stereocenters. The van der Waals surface area contributed by atoms with E-state index in [2.05, 4.69) is 42.0 Å². The maximum absolute atomic E-state index is 11.2. The second-order valence-electron chi connectivity index (χ2n) is 8.63. The number of nitrogens with two attached hydrogens (primary N) is 1. The predicted octanol–water partition coefficient (Wildman–Crippen LogP) is 5.02. The van der Waals surface area contributed by atoms with Gasteiger partial charge >= 0.3 is 5.97 Å². The Hall–Kier alpha value is -4.46. The molecular weight excluding hydrogens is 442 g/mol. The summed E-state index contributed by atoms with van der Waals surface area (Å²) in [6.07, 6.45) is 3.32. The van der Waals surface area contributed by atoms with Gasteiger partial charge in [-0.25, -0.2) is 4.98 Å². The van der Waals surface area contributed by atoms with Crippen molar-refractivity contribution in [2.75, 3.05) is 5.73 Å². The number of anilines is 1. The molecule has 0 bridgehead atoms. The van der Waals surface area contributed by atoms with Crippen LogP contribution in [0.1, 0.15) is 31.1 Å². The molecule has 176 valence electrons. The van der Waals surface area contributed by atoms with E-state index in [1.54, 1.807) is 24.5 Å². The number of carboxylic acids is 1. The standard InChI is InChI=1S/C27H25N5O3/c1-16(2)32-23-8-7-17(19-9-11-29-26-20(19)10-12-30-27(26)28)13-21(23)22(31-32)15-35-24-6-4-3-5-18(24)14-25(33)34/h3-13,16H,14-15H2,1-2H3,(H2,28,30)(H,33,34). The van der Waals surface area contributed by atoms with Gasteiger partial charge in [0.2, 0.25) is 0 Å². The van der Waals surface area contributed by atoms with E-state index in [1.165, 1.54) is 0 Å². The fourth-order valence-electron chi connectivity index (χ4n) is 4.32. The molecule has 8 nitrogen and oxygen atoms in total. The highest BCUT2D eigenvalue weighted by atomic mass is 16.5. The lowest BCUT2D eigenvalue weighted by Gasteiger charge is -2.10. The van der Waals surface area contributed by atoms with Crippen LogP contribution in [-0.2, 0) is 17.8 Å². The molecule has 0 saturated heterocycles. The molecule has 0 fully saturated rings. The zero-order valence-electron chi connectivity index (χ0n) is 19.5. The largest absolute Gasteiger partial charge is 0.487 e. The molecule has 35 heavy (non-hydrogen) atoms. The Balaban J connectivity index is 1.58. The van der Waals surface area contributed by atoms with Crippen molar-refractivity contribution in [2.24, 2.45) is 0 Å². The molecule has 8 heteroatoms. The van der Waals surface area contributed by atoms with Gasteiger partial charge in [0.25, 0.3) is 0 Å². The van der Waals surface area contributed by atoms with Gasteiger partial charge in [-0.2, -0.15) is 5.10 Å². The summed E-state index contributed by atoms with van der Waals surface area (Å²) < 4.78 is 8.06. The minimum atomic E-state index is -0.902. The van der Waals surface area contributed by atoms with Crippen LogP contribution in [-0.4, -0.2) is 30.8 Å². The Kier molecular flexibility index (Phi) is 5.78. The number of rotatable bonds is 7. The first-order valence-electron chi connectivity index (χ1n) is 11.4. The molecular formula is C27H25N5O3. The summed E-state index contributed by atoms with van der Waals surface area (Å²) in [4.78, 5) is 19.8. The van der Waals surface area contributed by atoms with E-state index >= 15 is 0 Å². The first-order valence-corrected chi connectivity index (χ1v) is 11.4. The number of hydrogen-bond acceptors (Lipinski definition) is 6. The van der Waals surface area contributed by atoms with Crippen molar-refractivity contribution >= 4 is 33.6 Å². The van der Waals surface area contributed by atoms with Crippen LogP contribution in [0.5, 0.6) is 5.75 Å². The molecule has 0 aliphatic heterocycles. The SMILES string of the molecule is CC(C)n1nc(COc2ccccc2CC(=O)O)c2cc(-c3ccnc4c(N)nccc34)ccc21. The first-order chi connectivity index (χ1) is 16.9. The number of aromatic nitrogens is 4. The topological polar surface area (TPSA) is 116 Å². The van der Waals surface area contributed by atoms with Gasteiger partial charge in [0.15, 0.2) is 0 Å². The van der Waals surface area contributed by atoms with Gasteiger partial charge in [-0.15, -0.1) is 0 Å². The minimum absolute atomic E-state index is 0.103. The van der Waals surface area contributed by atoms with Crippen LogP contribution in [0, 0.1) is 0 Å². The lowest BCUT2D eigenvalue weighted by atomic mass is 10.00. The smallest absolute Gasteiger partial charge is 0.307 e. The molecule has 2 aromatic carbocycles. The van der Waals surface area contributed by atoms with Crippen LogP contribution in [0.25, 0.3) is 32.9 Å². The zero-order valence-corrected chi connectivity index (χ0v) is 19.5. The third-order valence-electron chi connectivity index (χ3n) is 5.95. The van der Waals surface area contributed by atoms with Gasteiger partial charge in [-0.3, -0.25) is 14.5 Å². The summed E-state index contributed by atoms with van der Waals surface area (Å²) >= 11 is 0. The molecule has 3 aromatic heterocycles. The van der Waals surface area contributed by atoms with Gasteiger partial charge in [0.05, 0.1) is 11.9 Å². The van der Waals surface area contributed by atoms with Gasteiger partial charge in [0.1, 0.15) is 29.4 Å². The number of pyridine rings is 2. The molecule has 0 amide bonds. The number of nitrogens with zero attached hydrogens (tertiary/aromatic N) is 4. The molecule has 0 aliphatic carbocycles. The number of fused-ring (bicyclic) bond motifs is 2. The van der Waals surface area contributed by atoms with Crippen LogP contribution in [0.2, 0.25) is 0 Å². The van der Waals surface area contributed by atoms with Crippen molar-refractivity contribution in [2.45, 2.75) is 32.9 Å².